The molecule has 0 aromatic carbocycles. The zero-order valence-electron chi connectivity index (χ0n) is 13.3. The number of aliphatic imine (C=N–C) groups is 1. The van der Waals surface area contributed by atoms with Gasteiger partial charge in [0.2, 0.25) is 5.91 Å². The molecule has 0 aliphatic carbocycles. The van der Waals surface area contributed by atoms with Gasteiger partial charge in [0.05, 0.1) is 27.0 Å². The predicted molar refractivity (Wildman–Crippen MR) is 102 cm³/mol. The number of ether oxygens (including phenoxy) is 1. The average Bonchev–Trinajstić information content (AvgIpc) is 2.85. The number of nitrogens with one attached hydrogen (secondary N) is 1. The molecule has 1 unspecified atom stereocenters. The van der Waals surface area contributed by atoms with Gasteiger partial charge in [0.25, 0.3) is 5.91 Å². The maximum Gasteiger partial charge on any atom is 0.341 e. The number of hydrogen-bond donors (Lipinski definition) is 3. The van der Waals surface area contributed by atoms with Crippen LogP contribution in [0.3, 0.4) is 0 Å². The summed E-state index contributed by atoms with van der Waals surface area (Å²) in [5.74, 6) is -0.722. The number of hydrogen-bond acceptors (Lipinski definition) is 8. The van der Waals surface area contributed by atoms with Crippen molar-refractivity contribution >= 4 is 67.6 Å². The third-order valence-electron chi connectivity index (χ3n) is 3.23. The maximum atomic E-state index is 12.3. The number of carbonyl (C=O) groups is 3. The second-order valence-corrected chi connectivity index (χ2v) is 8.51. The molecule has 25 heavy (non-hydrogen) atoms. The van der Waals surface area contributed by atoms with Crippen LogP contribution in [-0.4, -0.2) is 41.2 Å². The molecule has 1 aromatic rings. The number of nitrogens with two attached hydrogens (primary N) is 2. The minimum absolute atomic E-state index is 0.0595. The summed E-state index contributed by atoms with van der Waals surface area (Å²) >= 11 is 5.78. The number of thiophene rings is 1. The van der Waals surface area contributed by atoms with Gasteiger partial charge >= 0.3 is 5.97 Å². The summed E-state index contributed by atoms with van der Waals surface area (Å²) in [5, 5.41) is 2.42. The molecular formula is C14H17BrN4O4S2. The van der Waals surface area contributed by atoms with Crippen LogP contribution in [0, 0.1) is 0 Å². The summed E-state index contributed by atoms with van der Waals surface area (Å²) in [6, 6.07) is 0. The van der Waals surface area contributed by atoms with Crippen molar-refractivity contribution in [3.8, 4) is 0 Å². The summed E-state index contributed by atoms with van der Waals surface area (Å²) in [6.07, 6.45) is -0.0595. The minimum atomic E-state index is -0.587. The number of nitrogens with zero attached hydrogens (tertiary/aromatic N) is 1. The number of amides is 2. The molecular weight excluding hydrogens is 432 g/mol. The van der Waals surface area contributed by atoms with Gasteiger partial charge in [-0.05, 0) is 22.9 Å². The van der Waals surface area contributed by atoms with Crippen LogP contribution in [0.25, 0.3) is 0 Å². The molecule has 1 aliphatic heterocycles. The summed E-state index contributed by atoms with van der Waals surface area (Å²) in [4.78, 5) is 40.0. The summed E-state index contributed by atoms with van der Waals surface area (Å²) in [6.45, 7) is 2.01. The first-order chi connectivity index (χ1) is 11.9. The Morgan fingerprint density at radius 3 is 2.80 bits per heavy atom. The smallest absolute Gasteiger partial charge is 0.341 e. The van der Waals surface area contributed by atoms with E-state index in [2.05, 4.69) is 26.2 Å². The van der Waals surface area contributed by atoms with E-state index < -0.39 is 23.0 Å². The molecule has 1 atom stereocenters. The number of amidine groups is 1. The number of anilines is 1. The fourth-order valence-corrected chi connectivity index (χ4v) is 4.83. The fraction of sp³-hybridized carbons (Fsp3) is 0.429. The van der Waals surface area contributed by atoms with Crippen LogP contribution >= 0.6 is 39.0 Å². The molecule has 0 fully saturated rings. The fourth-order valence-electron chi connectivity index (χ4n) is 2.12. The molecule has 1 aliphatic rings. The minimum Gasteiger partial charge on any atom is -0.462 e. The number of esters is 1. The first kappa shape index (κ1) is 19.9. The lowest BCUT2D eigenvalue weighted by Gasteiger charge is -2.17. The topological polar surface area (TPSA) is 137 Å². The third-order valence-corrected chi connectivity index (χ3v) is 6.36. The van der Waals surface area contributed by atoms with Gasteiger partial charge in [0.1, 0.15) is 10.8 Å². The second kappa shape index (κ2) is 8.79. The lowest BCUT2D eigenvalue weighted by atomic mass is 10.2. The Morgan fingerprint density at radius 2 is 2.20 bits per heavy atom. The Hall–Kier alpha value is -1.43. The Kier molecular flexibility index (Phi) is 6.99. The number of rotatable bonds is 6. The monoisotopic (exact) mass is 448 g/mol. The molecule has 11 heteroatoms. The first-order valence-corrected chi connectivity index (χ1v) is 9.99. The lowest BCUT2D eigenvalue weighted by Crippen LogP contribution is -2.32. The zero-order chi connectivity index (χ0) is 18.6. The molecule has 2 heterocycles. The van der Waals surface area contributed by atoms with Gasteiger partial charge in [0.15, 0.2) is 0 Å². The van der Waals surface area contributed by atoms with E-state index >= 15 is 0 Å². The molecule has 5 N–H and O–H groups in total. The standard InChI is InChI=1S/C14H17BrN4O4S2/c1-2-23-14(22)10-6(4-16)11(15)25-13(10)19-9(20)3-7-12(21)18-8(17)5-24-7/h7H,2-5,16H2,1H3,(H,19,20)(H2,17,18,21). The Morgan fingerprint density at radius 1 is 1.48 bits per heavy atom. The molecule has 0 bridgehead atoms. The van der Waals surface area contributed by atoms with Gasteiger partial charge in [-0.3, -0.25) is 9.59 Å². The van der Waals surface area contributed by atoms with Crippen molar-refractivity contribution in [1.29, 1.82) is 0 Å². The van der Waals surface area contributed by atoms with Crippen LogP contribution in [0.1, 0.15) is 29.3 Å². The van der Waals surface area contributed by atoms with Crippen molar-refractivity contribution < 1.29 is 19.1 Å². The van der Waals surface area contributed by atoms with E-state index in [9.17, 15) is 14.4 Å². The van der Waals surface area contributed by atoms with Crippen molar-refractivity contribution in [1.82, 2.24) is 0 Å². The van der Waals surface area contributed by atoms with Crippen molar-refractivity contribution in [2.75, 3.05) is 17.7 Å². The summed E-state index contributed by atoms with van der Waals surface area (Å²) < 4.78 is 5.68. The van der Waals surface area contributed by atoms with E-state index in [4.69, 9.17) is 16.2 Å². The van der Waals surface area contributed by atoms with Crippen molar-refractivity contribution in [3.63, 3.8) is 0 Å². The second-order valence-electron chi connectivity index (χ2n) is 4.98. The van der Waals surface area contributed by atoms with E-state index in [0.29, 0.717) is 20.1 Å². The largest absolute Gasteiger partial charge is 0.462 e. The van der Waals surface area contributed by atoms with Crippen LogP contribution in [0.2, 0.25) is 0 Å². The van der Waals surface area contributed by atoms with Crippen molar-refractivity contribution in [2.24, 2.45) is 16.5 Å². The molecule has 0 radical (unpaired) electrons. The zero-order valence-corrected chi connectivity index (χ0v) is 16.6. The Bertz CT molecular complexity index is 735. The van der Waals surface area contributed by atoms with Crippen molar-refractivity contribution in [2.45, 2.75) is 25.1 Å². The summed E-state index contributed by atoms with van der Waals surface area (Å²) in [7, 11) is 0. The highest BCUT2D eigenvalue weighted by Crippen LogP contribution is 2.38. The van der Waals surface area contributed by atoms with Gasteiger partial charge in [-0.25, -0.2) is 4.79 Å². The van der Waals surface area contributed by atoms with E-state index in [1.807, 2.05) is 0 Å². The molecule has 1 aromatic heterocycles. The number of thioether (sulfide) groups is 1. The molecule has 8 nitrogen and oxygen atoms in total. The molecule has 2 amide bonds. The highest BCUT2D eigenvalue weighted by molar-refractivity contribution is 9.11. The van der Waals surface area contributed by atoms with E-state index in [0.717, 1.165) is 0 Å². The van der Waals surface area contributed by atoms with Gasteiger partial charge in [0, 0.05) is 18.5 Å². The highest BCUT2D eigenvalue weighted by Gasteiger charge is 2.28. The van der Waals surface area contributed by atoms with E-state index in [1.54, 1.807) is 6.92 Å². The maximum absolute atomic E-state index is 12.3. The third kappa shape index (κ3) is 4.81. The average molecular weight is 449 g/mol. The first-order valence-electron chi connectivity index (χ1n) is 7.34. The number of carbonyl (C=O) groups excluding carboxylic acids is 3. The highest BCUT2D eigenvalue weighted by atomic mass is 79.9. The van der Waals surface area contributed by atoms with Gasteiger partial charge in [-0.15, -0.1) is 23.1 Å². The van der Waals surface area contributed by atoms with E-state index in [-0.39, 0.29) is 31.0 Å². The van der Waals surface area contributed by atoms with Crippen LogP contribution < -0.4 is 16.8 Å². The molecule has 0 saturated carbocycles. The van der Waals surface area contributed by atoms with Crippen LogP contribution in [-0.2, 0) is 20.9 Å². The SMILES string of the molecule is CCOC(=O)c1c(NC(=O)CC2SCC(N)=NC2=O)sc(Br)c1CN. The predicted octanol–water partition coefficient (Wildman–Crippen LogP) is 1.47. The van der Waals surface area contributed by atoms with Crippen molar-refractivity contribution in [3.05, 3.63) is 14.9 Å². The van der Waals surface area contributed by atoms with Gasteiger partial charge in [-0.1, -0.05) is 0 Å². The van der Waals surface area contributed by atoms with Crippen LogP contribution in [0.4, 0.5) is 5.00 Å². The molecule has 0 spiro atoms. The van der Waals surface area contributed by atoms with Crippen LogP contribution in [0.15, 0.2) is 8.78 Å². The molecule has 2 rings (SSSR count). The molecule has 0 saturated heterocycles. The van der Waals surface area contributed by atoms with Gasteiger partial charge < -0.3 is 21.5 Å². The van der Waals surface area contributed by atoms with Crippen LogP contribution in [0.5, 0.6) is 0 Å². The Labute approximate surface area is 160 Å². The quantitative estimate of drug-likeness (QED) is 0.560. The summed E-state index contributed by atoms with van der Waals surface area (Å²) in [5.41, 5.74) is 12.0. The Balaban J connectivity index is 2.15. The van der Waals surface area contributed by atoms with E-state index in [1.165, 1.54) is 23.1 Å². The lowest BCUT2D eigenvalue weighted by molar-refractivity contribution is -0.121. The molecule has 136 valence electrons. The normalized spacial score (nSPS) is 17.2. The van der Waals surface area contributed by atoms with Gasteiger partial charge in [-0.2, -0.15) is 4.99 Å². The number of halogens is 1.